The van der Waals surface area contributed by atoms with Crippen molar-refractivity contribution in [3.63, 3.8) is 0 Å². The second-order valence-electron chi connectivity index (χ2n) is 6.65. The zero-order valence-corrected chi connectivity index (χ0v) is 17.3. The summed E-state index contributed by atoms with van der Waals surface area (Å²) in [5.74, 6) is -0.361. The van der Waals surface area contributed by atoms with E-state index in [0.717, 1.165) is 12.0 Å². The highest BCUT2D eigenvalue weighted by atomic mass is 32.2. The van der Waals surface area contributed by atoms with Gasteiger partial charge in [-0.2, -0.15) is 0 Å². The van der Waals surface area contributed by atoms with Crippen LogP contribution >= 0.6 is 0 Å². The summed E-state index contributed by atoms with van der Waals surface area (Å²) in [5, 5.41) is 0. The number of sulfonamides is 1. The summed E-state index contributed by atoms with van der Waals surface area (Å²) in [4.78, 5) is 25.3. The fraction of sp³-hybridized carbons (Fsp3) is 0.333. The molecule has 2 rings (SSSR count). The number of carbonyl (C=O) groups is 2. The smallest absolute Gasteiger partial charge is 0.240 e. The van der Waals surface area contributed by atoms with Gasteiger partial charge in [0.05, 0.1) is 4.90 Å². The van der Waals surface area contributed by atoms with Crippen molar-refractivity contribution in [2.45, 2.75) is 38.1 Å². The fourth-order valence-corrected chi connectivity index (χ4v) is 3.77. The monoisotopic (exact) mass is 402 g/mol. The quantitative estimate of drug-likeness (QED) is 0.654. The van der Waals surface area contributed by atoms with Crippen molar-refractivity contribution in [1.29, 1.82) is 0 Å². The Morgan fingerprint density at radius 3 is 2.29 bits per heavy atom. The minimum Gasteiger partial charge on any atom is -0.341 e. The molecule has 0 spiro atoms. The first-order valence-electron chi connectivity index (χ1n) is 9.15. The first-order chi connectivity index (χ1) is 13.2. The van der Waals surface area contributed by atoms with Crippen molar-refractivity contribution >= 4 is 21.7 Å². The van der Waals surface area contributed by atoms with Crippen LogP contribution in [0.4, 0.5) is 0 Å². The maximum Gasteiger partial charge on any atom is 0.240 e. The summed E-state index contributed by atoms with van der Waals surface area (Å²) in [5.41, 5.74) is 2.59. The van der Waals surface area contributed by atoms with E-state index in [1.165, 1.54) is 30.7 Å². The molecule has 0 saturated carbocycles. The van der Waals surface area contributed by atoms with E-state index in [0.29, 0.717) is 12.1 Å². The predicted octanol–water partition coefficient (Wildman–Crippen LogP) is 2.78. The third-order valence-corrected chi connectivity index (χ3v) is 5.92. The largest absolute Gasteiger partial charge is 0.341 e. The molecule has 1 amide bonds. The van der Waals surface area contributed by atoms with Gasteiger partial charge in [0.25, 0.3) is 0 Å². The lowest BCUT2D eigenvalue weighted by atomic mass is 10.1. The lowest BCUT2D eigenvalue weighted by Gasteiger charge is -2.17. The van der Waals surface area contributed by atoms with Crippen molar-refractivity contribution in [3.05, 3.63) is 65.2 Å². The molecule has 2 aromatic carbocycles. The van der Waals surface area contributed by atoms with E-state index in [2.05, 4.69) is 11.6 Å². The van der Waals surface area contributed by atoms with Crippen molar-refractivity contribution in [3.8, 4) is 0 Å². The molecule has 0 fully saturated rings. The standard InChI is InChI=1S/C21H26N2O4S/c1-4-17-8-10-18(11-9-17)15-23(3)21(25)12-13-22-28(26,27)20-7-5-6-19(14-20)16(2)24/h5-11,14,22H,4,12-13,15H2,1-3H3. The lowest BCUT2D eigenvalue weighted by Crippen LogP contribution is -2.32. The van der Waals surface area contributed by atoms with Gasteiger partial charge in [-0.25, -0.2) is 13.1 Å². The number of amides is 1. The number of nitrogens with one attached hydrogen (secondary N) is 1. The Bertz CT molecular complexity index is 937. The van der Waals surface area contributed by atoms with Gasteiger partial charge in [-0.15, -0.1) is 0 Å². The Labute approximate surface area is 166 Å². The maximum atomic E-state index is 12.4. The molecule has 0 saturated heterocycles. The van der Waals surface area contributed by atoms with Crippen LogP contribution in [0.3, 0.4) is 0 Å². The van der Waals surface area contributed by atoms with E-state index < -0.39 is 10.0 Å². The molecule has 0 aliphatic rings. The van der Waals surface area contributed by atoms with Gasteiger partial charge in [-0.3, -0.25) is 9.59 Å². The van der Waals surface area contributed by atoms with E-state index in [1.807, 2.05) is 24.3 Å². The Balaban J connectivity index is 1.89. The van der Waals surface area contributed by atoms with Gasteiger partial charge < -0.3 is 4.90 Å². The average Bonchev–Trinajstić information content (AvgIpc) is 2.68. The van der Waals surface area contributed by atoms with Crippen molar-refractivity contribution in [2.75, 3.05) is 13.6 Å². The van der Waals surface area contributed by atoms with Gasteiger partial charge >= 0.3 is 0 Å². The first-order valence-corrected chi connectivity index (χ1v) is 10.6. The molecule has 7 heteroatoms. The van der Waals surface area contributed by atoms with Gasteiger partial charge in [0.15, 0.2) is 5.78 Å². The van der Waals surface area contributed by atoms with E-state index in [9.17, 15) is 18.0 Å². The summed E-state index contributed by atoms with van der Waals surface area (Å²) < 4.78 is 27.1. The first kappa shape index (κ1) is 21.8. The van der Waals surface area contributed by atoms with Gasteiger partial charge in [-0.1, -0.05) is 43.3 Å². The minimum absolute atomic E-state index is 0.00935. The Kier molecular flexibility index (Phi) is 7.48. The summed E-state index contributed by atoms with van der Waals surface area (Å²) >= 11 is 0. The van der Waals surface area contributed by atoms with Crippen LogP contribution < -0.4 is 4.72 Å². The lowest BCUT2D eigenvalue weighted by molar-refractivity contribution is -0.130. The Morgan fingerprint density at radius 2 is 1.68 bits per heavy atom. The maximum absolute atomic E-state index is 12.4. The molecule has 0 heterocycles. The Morgan fingerprint density at radius 1 is 1.04 bits per heavy atom. The molecule has 0 unspecified atom stereocenters. The van der Waals surface area contributed by atoms with Crippen LogP contribution in [0.1, 0.15) is 41.8 Å². The van der Waals surface area contributed by atoms with Crippen LogP contribution in [0, 0.1) is 0 Å². The molecular weight excluding hydrogens is 376 g/mol. The molecule has 0 bridgehead atoms. The second-order valence-corrected chi connectivity index (χ2v) is 8.42. The van der Waals surface area contributed by atoms with E-state index in [1.54, 1.807) is 18.0 Å². The van der Waals surface area contributed by atoms with Crippen molar-refractivity contribution < 1.29 is 18.0 Å². The van der Waals surface area contributed by atoms with Crippen LogP contribution in [-0.4, -0.2) is 38.6 Å². The number of Topliss-reactive ketones (excluding diaryl/α,β-unsaturated/α-hetero) is 1. The molecule has 2 aromatic rings. The van der Waals surface area contributed by atoms with Crippen LogP contribution in [0.2, 0.25) is 0 Å². The topological polar surface area (TPSA) is 83.6 Å². The SMILES string of the molecule is CCc1ccc(CN(C)C(=O)CCNS(=O)(=O)c2cccc(C(C)=O)c2)cc1. The fourth-order valence-electron chi connectivity index (χ4n) is 2.69. The zero-order chi connectivity index (χ0) is 20.7. The van der Waals surface area contributed by atoms with E-state index in [4.69, 9.17) is 0 Å². The number of carbonyl (C=O) groups excluding carboxylic acids is 2. The highest BCUT2D eigenvalue weighted by Gasteiger charge is 2.16. The molecule has 0 atom stereocenters. The normalized spacial score (nSPS) is 11.2. The number of aryl methyl sites for hydroxylation is 1. The molecule has 0 aromatic heterocycles. The van der Waals surface area contributed by atoms with Crippen molar-refractivity contribution in [1.82, 2.24) is 9.62 Å². The van der Waals surface area contributed by atoms with Gasteiger partial charge in [0.2, 0.25) is 15.9 Å². The van der Waals surface area contributed by atoms with Crippen LogP contribution in [0.5, 0.6) is 0 Å². The molecule has 0 aliphatic heterocycles. The number of hydrogen-bond acceptors (Lipinski definition) is 4. The molecule has 28 heavy (non-hydrogen) atoms. The van der Waals surface area contributed by atoms with Gasteiger partial charge in [-0.05, 0) is 36.6 Å². The van der Waals surface area contributed by atoms with Crippen LogP contribution in [0.25, 0.3) is 0 Å². The second kappa shape index (κ2) is 9.61. The number of benzene rings is 2. The van der Waals surface area contributed by atoms with Crippen LogP contribution in [-0.2, 0) is 27.8 Å². The highest BCUT2D eigenvalue weighted by Crippen LogP contribution is 2.12. The summed E-state index contributed by atoms with van der Waals surface area (Å²) in [6.45, 7) is 3.92. The highest BCUT2D eigenvalue weighted by molar-refractivity contribution is 7.89. The number of rotatable bonds is 9. The summed E-state index contributed by atoms with van der Waals surface area (Å²) in [7, 11) is -2.08. The molecule has 1 N–H and O–H groups in total. The van der Waals surface area contributed by atoms with E-state index in [-0.39, 0.29) is 29.6 Å². The van der Waals surface area contributed by atoms with E-state index >= 15 is 0 Å². The third-order valence-electron chi connectivity index (χ3n) is 4.46. The summed E-state index contributed by atoms with van der Waals surface area (Å²) in [6.07, 6.45) is 1.01. The minimum atomic E-state index is -3.78. The number of ketones is 1. The summed E-state index contributed by atoms with van der Waals surface area (Å²) in [6, 6.07) is 13.9. The molecule has 150 valence electrons. The molecule has 6 nitrogen and oxygen atoms in total. The zero-order valence-electron chi connectivity index (χ0n) is 16.4. The van der Waals surface area contributed by atoms with Crippen LogP contribution in [0.15, 0.2) is 53.4 Å². The van der Waals surface area contributed by atoms with Gasteiger partial charge in [0, 0.05) is 32.1 Å². The average molecular weight is 403 g/mol. The third kappa shape index (κ3) is 6.00. The Hall–Kier alpha value is -2.51. The molecule has 0 aliphatic carbocycles. The number of nitrogens with zero attached hydrogens (tertiary/aromatic N) is 1. The predicted molar refractivity (Wildman–Crippen MR) is 109 cm³/mol. The number of hydrogen-bond donors (Lipinski definition) is 1. The van der Waals surface area contributed by atoms with Crippen molar-refractivity contribution in [2.24, 2.45) is 0 Å². The molecular formula is C21H26N2O4S. The molecule has 0 radical (unpaired) electrons. The van der Waals surface area contributed by atoms with Gasteiger partial charge in [0.1, 0.15) is 0 Å².